The van der Waals surface area contributed by atoms with Gasteiger partial charge in [0.05, 0.1) is 5.52 Å². The molecule has 1 fully saturated rings. The fourth-order valence-electron chi connectivity index (χ4n) is 2.64. The van der Waals surface area contributed by atoms with E-state index in [4.69, 9.17) is 5.73 Å². The van der Waals surface area contributed by atoms with Crippen LogP contribution in [0.5, 0.6) is 0 Å². The van der Waals surface area contributed by atoms with Crippen molar-refractivity contribution in [2.45, 2.75) is 13.3 Å². The lowest BCUT2D eigenvalue weighted by atomic mass is 9.87. The molecule has 1 aromatic carbocycles. The number of hydrogen-bond acceptors (Lipinski definition) is 5. The first-order chi connectivity index (χ1) is 9.28. The normalized spacial score (nSPS) is 23.8. The number of nitrogens with zero attached hydrogens (tertiary/aromatic N) is 4. The number of benzene rings is 1. The summed E-state index contributed by atoms with van der Waals surface area (Å²) in [6.45, 7) is 4.91. The maximum Gasteiger partial charge on any atom is 0.245 e. The molecule has 2 aromatic rings. The Bertz CT molecular complexity index is 571. The molecule has 2 heterocycles. The molecule has 1 aromatic heterocycles. The van der Waals surface area contributed by atoms with Crippen molar-refractivity contribution >= 4 is 17.0 Å². The topological polar surface area (TPSA) is 67.9 Å². The Morgan fingerprint density at radius 3 is 2.84 bits per heavy atom. The second-order valence-corrected chi connectivity index (χ2v) is 5.31. The van der Waals surface area contributed by atoms with Gasteiger partial charge < -0.3 is 10.6 Å². The first-order valence-corrected chi connectivity index (χ1v) is 6.82. The highest BCUT2D eigenvalue weighted by Crippen LogP contribution is 2.25. The molecular formula is C14H19N5. The highest BCUT2D eigenvalue weighted by molar-refractivity contribution is 5.74. The third kappa shape index (κ3) is 2.38. The summed E-state index contributed by atoms with van der Waals surface area (Å²) in [5.74, 6) is 1.92. The second kappa shape index (κ2) is 5.09. The summed E-state index contributed by atoms with van der Waals surface area (Å²) in [7, 11) is 0. The zero-order valence-electron chi connectivity index (χ0n) is 11.2. The average Bonchev–Trinajstić information content (AvgIpc) is 2.47. The van der Waals surface area contributed by atoms with Gasteiger partial charge in [-0.25, -0.2) is 4.98 Å². The maximum absolute atomic E-state index is 5.84. The minimum Gasteiger partial charge on any atom is -0.339 e. The summed E-state index contributed by atoms with van der Waals surface area (Å²) in [5.41, 5.74) is 7.58. The van der Waals surface area contributed by atoms with Crippen molar-refractivity contribution in [3.63, 3.8) is 0 Å². The van der Waals surface area contributed by atoms with Crippen LogP contribution >= 0.6 is 0 Å². The van der Waals surface area contributed by atoms with Crippen LogP contribution in [0.15, 0.2) is 24.3 Å². The Balaban J connectivity index is 1.87. The van der Waals surface area contributed by atoms with Gasteiger partial charge in [0.25, 0.3) is 0 Å². The van der Waals surface area contributed by atoms with Crippen molar-refractivity contribution in [1.82, 2.24) is 15.2 Å². The van der Waals surface area contributed by atoms with E-state index in [-0.39, 0.29) is 0 Å². The van der Waals surface area contributed by atoms with Crippen molar-refractivity contribution in [3.8, 4) is 0 Å². The molecule has 5 nitrogen and oxygen atoms in total. The van der Waals surface area contributed by atoms with E-state index in [0.29, 0.717) is 11.8 Å². The minimum absolute atomic E-state index is 0.517. The first kappa shape index (κ1) is 12.3. The van der Waals surface area contributed by atoms with Crippen LogP contribution in [-0.4, -0.2) is 34.8 Å². The Morgan fingerprint density at radius 2 is 2.05 bits per heavy atom. The van der Waals surface area contributed by atoms with Gasteiger partial charge in [0.1, 0.15) is 5.52 Å². The molecule has 0 amide bonds. The van der Waals surface area contributed by atoms with Gasteiger partial charge in [0.15, 0.2) is 0 Å². The van der Waals surface area contributed by atoms with Gasteiger partial charge >= 0.3 is 0 Å². The molecule has 19 heavy (non-hydrogen) atoms. The number of para-hydroxylation sites is 1. The molecule has 2 unspecified atom stereocenters. The predicted octanol–water partition coefficient (Wildman–Crippen LogP) is 1.45. The lowest BCUT2D eigenvalue weighted by Crippen LogP contribution is -2.43. The van der Waals surface area contributed by atoms with E-state index in [9.17, 15) is 0 Å². The number of nitrogens with two attached hydrogens (primary N) is 1. The van der Waals surface area contributed by atoms with E-state index in [0.717, 1.165) is 43.0 Å². The second-order valence-electron chi connectivity index (χ2n) is 5.31. The smallest absolute Gasteiger partial charge is 0.245 e. The van der Waals surface area contributed by atoms with Crippen molar-refractivity contribution in [3.05, 3.63) is 24.3 Å². The lowest BCUT2D eigenvalue weighted by molar-refractivity contribution is 0.305. The SMILES string of the molecule is CC1CCN(c2nnc3ccccc3n2)CC1CN. The fraction of sp³-hybridized carbons (Fsp3) is 0.500. The van der Waals surface area contributed by atoms with Crippen molar-refractivity contribution < 1.29 is 0 Å². The lowest BCUT2D eigenvalue weighted by Gasteiger charge is -2.36. The molecule has 1 aliphatic heterocycles. The molecule has 0 spiro atoms. The third-order valence-electron chi connectivity index (χ3n) is 4.05. The van der Waals surface area contributed by atoms with E-state index in [1.165, 1.54) is 0 Å². The Morgan fingerprint density at radius 1 is 1.26 bits per heavy atom. The van der Waals surface area contributed by atoms with Crippen LogP contribution in [-0.2, 0) is 0 Å². The number of fused-ring (bicyclic) bond motifs is 1. The van der Waals surface area contributed by atoms with Gasteiger partial charge in [-0.2, -0.15) is 0 Å². The summed E-state index contributed by atoms with van der Waals surface area (Å²) in [5, 5.41) is 8.49. The standard InChI is InChI=1S/C14H19N5/c1-10-6-7-19(9-11(10)8-15)14-16-12-4-2-3-5-13(12)17-18-14/h2-5,10-11H,6-9,15H2,1H3. The van der Waals surface area contributed by atoms with Crippen molar-refractivity contribution in [2.75, 3.05) is 24.5 Å². The third-order valence-corrected chi connectivity index (χ3v) is 4.05. The molecule has 0 aliphatic carbocycles. The molecule has 5 heteroatoms. The number of aromatic nitrogens is 3. The molecule has 0 radical (unpaired) electrons. The predicted molar refractivity (Wildman–Crippen MR) is 75.9 cm³/mol. The van der Waals surface area contributed by atoms with E-state index in [2.05, 4.69) is 27.0 Å². The molecule has 1 saturated heterocycles. The molecule has 0 saturated carbocycles. The van der Waals surface area contributed by atoms with Gasteiger partial charge in [-0.05, 0) is 36.9 Å². The Hall–Kier alpha value is -1.75. The molecule has 0 bridgehead atoms. The molecular weight excluding hydrogens is 238 g/mol. The van der Waals surface area contributed by atoms with Crippen LogP contribution in [0.4, 0.5) is 5.95 Å². The van der Waals surface area contributed by atoms with E-state index in [1.54, 1.807) is 0 Å². The summed E-state index contributed by atoms with van der Waals surface area (Å²) >= 11 is 0. The van der Waals surface area contributed by atoms with E-state index >= 15 is 0 Å². The molecule has 2 atom stereocenters. The number of piperidine rings is 1. The zero-order valence-corrected chi connectivity index (χ0v) is 11.2. The quantitative estimate of drug-likeness (QED) is 0.882. The van der Waals surface area contributed by atoms with Crippen LogP contribution in [0.2, 0.25) is 0 Å². The fourth-order valence-corrected chi connectivity index (χ4v) is 2.64. The molecule has 3 rings (SSSR count). The molecule has 1 aliphatic rings. The van der Waals surface area contributed by atoms with Gasteiger partial charge in [0.2, 0.25) is 5.95 Å². The summed E-state index contributed by atoms with van der Waals surface area (Å²) in [4.78, 5) is 6.81. The zero-order chi connectivity index (χ0) is 13.2. The van der Waals surface area contributed by atoms with Crippen LogP contribution in [0.25, 0.3) is 11.0 Å². The summed E-state index contributed by atoms with van der Waals surface area (Å²) < 4.78 is 0. The molecule has 2 N–H and O–H groups in total. The minimum atomic E-state index is 0.517. The highest BCUT2D eigenvalue weighted by Gasteiger charge is 2.26. The van der Waals surface area contributed by atoms with Gasteiger partial charge in [-0.1, -0.05) is 19.1 Å². The van der Waals surface area contributed by atoms with Gasteiger partial charge in [-0.3, -0.25) is 0 Å². The van der Waals surface area contributed by atoms with Crippen molar-refractivity contribution in [2.24, 2.45) is 17.6 Å². The number of hydrogen-bond donors (Lipinski definition) is 1. The largest absolute Gasteiger partial charge is 0.339 e. The van der Waals surface area contributed by atoms with Gasteiger partial charge in [0, 0.05) is 13.1 Å². The average molecular weight is 257 g/mol. The maximum atomic E-state index is 5.84. The highest BCUT2D eigenvalue weighted by atomic mass is 15.3. The van der Waals surface area contributed by atoms with Crippen LogP contribution in [0.1, 0.15) is 13.3 Å². The van der Waals surface area contributed by atoms with Gasteiger partial charge in [-0.15, -0.1) is 10.2 Å². The van der Waals surface area contributed by atoms with E-state index < -0.39 is 0 Å². The number of anilines is 1. The Kier molecular flexibility index (Phi) is 3.29. The van der Waals surface area contributed by atoms with E-state index in [1.807, 2.05) is 24.3 Å². The van der Waals surface area contributed by atoms with Crippen LogP contribution in [0.3, 0.4) is 0 Å². The monoisotopic (exact) mass is 257 g/mol. The van der Waals surface area contributed by atoms with Crippen LogP contribution in [0, 0.1) is 11.8 Å². The number of rotatable bonds is 2. The first-order valence-electron chi connectivity index (χ1n) is 6.82. The summed E-state index contributed by atoms with van der Waals surface area (Å²) in [6.07, 6.45) is 1.14. The molecule has 100 valence electrons. The van der Waals surface area contributed by atoms with Crippen molar-refractivity contribution in [1.29, 1.82) is 0 Å². The van der Waals surface area contributed by atoms with Crippen LogP contribution < -0.4 is 10.6 Å². The Labute approximate surface area is 112 Å². The summed E-state index contributed by atoms with van der Waals surface area (Å²) in [6, 6.07) is 7.83.